The van der Waals surface area contributed by atoms with Crippen LogP contribution in [0.5, 0.6) is 0 Å². The molecule has 1 fully saturated rings. The number of nitrogen functional groups attached to an aromatic ring is 1. The van der Waals surface area contributed by atoms with Gasteiger partial charge < -0.3 is 15.8 Å². The van der Waals surface area contributed by atoms with Crippen molar-refractivity contribution in [2.45, 2.75) is 51.7 Å². The molecule has 114 valence electrons. The quantitative estimate of drug-likeness (QED) is 0.658. The zero-order valence-electron chi connectivity index (χ0n) is 12.5. The number of carbonyl (C=O) groups is 2. The van der Waals surface area contributed by atoms with E-state index in [2.05, 4.69) is 5.32 Å². The molecule has 0 saturated heterocycles. The second kappa shape index (κ2) is 6.61. The van der Waals surface area contributed by atoms with E-state index in [0.29, 0.717) is 16.8 Å². The van der Waals surface area contributed by atoms with Crippen LogP contribution in [0.1, 0.15) is 48.5 Å². The van der Waals surface area contributed by atoms with Crippen molar-refractivity contribution in [3.8, 4) is 0 Å². The SMILES string of the molecule is Cc1c(N)cccc1C(=O)OC(C)C(=O)NC1CCCC1. The lowest BCUT2D eigenvalue weighted by Crippen LogP contribution is -2.40. The van der Waals surface area contributed by atoms with Gasteiger partial charge in [0.25, 0.3) is 5.91 Å². The topological polar surface area (TPSA) is 81.4 Å². The Balaban J connectivity index is 1.95. The van der Waals surface area contributed by atoms with E-state index in [9.17, 15) is 9.59 Å². The summed E-state index contributed by atoms with van der Waals surface area (Å²) in [5, 5.41) is 2.92. The van der Waals surface area contributed by atoms with E-state index in [0.717, 1.165) is 25.7 Å². The minimum absolute atomic E-state index is 0.216. The predicted molar refractivity (Wildman–Crippen MR) is 80.9 cm³/mol. The van der Waals surface area contributed by atoms with Crippen LogP contribution in [0.4, 0.5) is 5.69 Å². The van der Waals surface area contributed by atoms with Crippen LogP contribution in [-0.4, -0.2) is 24.0 Å². The minimum Gasteiger partial charge on any atom is -0.449 e. The van der Waals surface area contributed by atoms with Crippen molar-refractivity contribution in [3.05, 3.63) is 29.3 Å². The molecule has 1 aromatic carbocycles. The summed E-state index contributed by atoms with van der Waals surface area (Å²) in [6.07, 6.45) is 3.48. The zero-order valence-corrected chi connectivity index (χ0v) is 12.5. The van der Waals surface area contributed by atoms with Crippen molar-refractivity contribution < 1.29 is 14.3 Å². The third-order valence-electron chi connectivity index (χ3n) is 3.95. The lowest BCUT2D eigenvalue weighted by molar-refractivity contribution is -0.129. The first-order valence-electron chi connectivity index (χ1n) is 7.35. The van der Waals surface area contributed by atoms with Gasteiger partial charge in [-0.3, -0.25) is 4.79 Å². The fraction of sp³-hybridized carbons (Fsp3) is 0.500. The van der Waals surface area contributed by atoms with Crippen LogP contribution in [0.3, 0.4) is 0 Å². The molecule has 21 heavy (non-hydrogen) atoms. The molecule has 3 N–H and O–H groups in total. The maximum atomic E-state index is 12.1. The lowest BCUT2D eigenvalue weighted by atomic mass is 10.1. The van der Waals surface area contributed by atoms with Crippen LogP contribution in [0.25, 0.3) is 0 Å². The summed E-state index contributed by atoms with van der Waals surface area (Å²) in [6.45, 7) is 3.35. The van der Waals surface area contributed by atoms with E-state index >= 15 is 0 Å². The van der Waals surface area contributed by atoms with Gasteiger partial charge in [-0.1, -0.05) is 18.9 Å². The van der Waals surface area contributed by atoms with Gasteiger partial charge in [-0.2, -0.15) is 0 Å². The van der Waals surface area contributed by atoms with Crippen molar-refractivity contribution in [2.24, 2.45) is 0 Å². The van der Waals surface area contributed by atoms with Gasteiger partial charge in [0.15, 0.2) is 6.10 Å². The number of nitrogens with two attached hydrogens (primary N) is 1. The Hall–Kier alpha value is -2.04. The van der Waals surface area contributed by atoms with Gasteiger partial charge in [0.05, 0.1) is 5.56 Å². The van der Waals surface area contributed by atoms with Gasteiger partial charge >= 0.3 is 5.97 Å². The smallest absolute Gasteiger partial charge is 0.339 e. The molecule has 0 aromatic heterocycles. The molecule has 2 rings (SSSR count). The number of rotatable bonds is 4. The molecule has 1 atom stereocenters. The summed E-state index contributed by atoms with van der Waals surface area (Å²) in [5.74, 6) is -0.759. The number of amides is 1. The average molecular weight is 290 g/mol. The molecular weight excluding hydrogens is 268 g/mol. The third-order valence-corrected chi connectivity index (χ3v) is 3.95. The molecule has 1 aromatic rings. The number of carbonyl (C=O) groups excluding carboxylic acids is 2. The third kappa shape index (κ3) is 3.74. The molecule has 5 heteroatoms. The van der Waals surface area contributed by atoms with E-state index in [1.807, 2.05) is 0 Å². The molecule has 1 aliphatic rings. The number of benzene rings is 1. The summed E-state index contributed by atoms with van der Waals surface area (Å²) in [7, 11) is 0. The number of hydrogen-bond donors (Lipinski definition) is 2. The van der Waals surface area contributed by atoms with Crippen LogP contribution in [-0.2, 0) is 9.53 Å². The van der Waals surface area contributed by atoms with Crippen molar-refractivity contribution in [1.29, 1.82) is 0 Å². The minimum atomic E-state index is -0.807. The van der Waals surface area contributed by atoms with Gasteiger partial charge in [-0.25, -0.2) is 4.79 Å². The second-order valence-electron chi connectivity index (χ2n) is 5.56. The molecule has 1 amide bonds. The van der Waals surface area contributed by atoms with Gasteiger partial charge in [0.2, 0.25) is 0 Å². The summed E-state index contributed by atoms with van der Waals surface area (Å²) >= 11 is 0. The standard InChI is InChI=1S/C16H22N2O3/c1-10-13(8-5-9-14(10)17)16(20)21-11(2)15(19)18-12-6-3-4-7-12/h5,8-9,11-12H,3-4,6-7,17H2,1-2H3,(H,18,19). The first kappa shape index (κ1) is 15.4. The molecule has 0 bridgehead atoms. The summed E-state index contributed by atoms with van der Waals surface area (Å²) in [4.78, 5) is 24.1. The molecule has 1 saturated carbocycles. The highest BCUT2D eigenvalue weighted by molar-refractivity contribution is 5.94. The van der Waals surface area contributed by atoms with Crippen molar-refractivity contribution in [1.82, 2.24) is 5.32 Å². The highest BCUT2D eigenvalue weighted by atomic mass is 16.5. The monoisotopic (exact) mass is 290 g/mol. The maximum Gasteiger partial charge on any atom is 0.339 e. The Kier molecular flexibility index (Phi) is 4.83. The first-order chi connectivity index (χ1) is 9.99. The van der Waals surface area contributed by atoms with E-state index in [-0.39, 0.29) is 11.9 Å². The van der Waals surface area contributed by atoms with Gasteiger partial charge in [0, 0.05) is 11.7 Å². The normalized spacial score (nSPS) is 16.5. The van der Waals surface area contributed by atoms with E-state index < -0.39 is 12.1 Å². The predicted octanol–water partition coefficient (Wildman–Crippen LogP) is 2.18. The first-order valence-corrected chi connectivity index (χ1v) is 7.35. The molecule has 0 radical (unpaired) electrons. The fourth-order valence-electron chi connectivity index (χ4n) is 2.54. The Morgan fingerprint density at radius 3 is 2.67 bits per heavy atom. The Morgan fingerprint density at radius 1 is 1.33 bits per heavy atom. The highest BCUT2D eigenvalue weighted by Crippen LogP contribution is 2.19. The molecule has 0 aliphatic heterocycles. The molecule has 1 unspecified atom stereocenters. The molecule has 5 nitrogen and oxygen atoms in total. The summed E-state index contributed by atoms with van der Waals surface area (Å²) in [6, 6.07) is 5.29. The van der Waals surface area contributed by atoms with Crippen molar-refractivity contribution in [2.75, 3.05) is 5.73 Å². The molecule has 0 spiro atoms. The number of anilines is 1. The summed E-state index contributed by atoms with van der Waals surface area (Å²) < 4.78 is 5.24. The number of nitrogens with one attached hydrogen (secondary N) is 1. The van der Waals surface area contributed by atoms with Crippen LogP contribution < -0.4 is 11.1 Å². The number of esters is 1. The molecular formula is C16H22N2O3. The second-order valence-corrected chi connectivity index (χ2v) is 5.56. The number of ether oxygens (including phenoxy) is 1. The average Bonchev–Trinajstić information content (AvgIpc) is 2.94. The Bertz CT molecular complexity index is 536. The molecule has 0 heterocycles. The van der Waals surface area contributed by atoms with Crippen LogP contribution in [0.2, 0.25) is 0 Å². The Labute approximate surface area is 124 Å². The lowest BCUT2D eigenvalue weighted by Gasteiger charge is -2.17. The zero-order chi connectivity index (χ0) is 15.4. The van der Waals surface area contributed by atoms with Crippen molar-refractivity contribution >= 4 is 17.6 Å². The van der Waals surface area contributed by atoms with Crippen molar-refractivity contribution in [3.63, 3.8) is 0 Å². The fourth-order valence-corrected chi connectivity index (χ4v) is 2.54. The largest absolute Gasteiger partial charge is 0.449 e. The van der Waals surface area contributed by atoms with Gasteiger partial charge in [-0.05, 0) is 44.4 Å². The number of hydrogen-bond acceptors (Lipinski definition) is 4. The Morgan fingerprint density at radius 2 is 2.00 bits per heavy atom. The van der Waals surface area contributed by atoms with E-state index in [1.54, 1.807) is 32.0 Å². The van der Waals surface area contributed by atoms with Gasteiger partial charge in [0.1, 0.15) is 0 Å². The summed E-state index contributed by atoms with van der Waals surface area (Å²) in [5.41, 5.74) is 7.38. The molecule has 1 aliphatic carbocycles. The van der Waals surface area contributed by atoms with Gasteiger partial charge in [-0.15, -0.1) is 0 Å². The van der Waals surface area contributed by atoms with Crippen LogP contribution >= 0.6 is 0 Å². The van der Waals surface area contributed by atoms with E-state index in [4.69, 9.17) is 10.5 Å². The van der Waals surface area contributed by atoms with Crippen LogP contribution in [0.15, 0.2) is 18.2 Å². The van der Waals surface area contributed by atoms with E-state index in [1.165, 1.54) is 0 Å². The maximum absolute atomic E-state index is 12.1. The van der Waals surface area contributed by atoms with Crippen LogP contribution in [0, 0.1) is 6.92 Å². The highest BCUT2D eigenvalue weighted by Gasteiger charge is 2.24.